The maximum atomic E-state index is 13.7. The van der Waals surface area contributed by atoms with E-state index >= 15 is 0 Å². The number of hydrogen-bond donors (Lipinski definition) is 2. The van der Waals surface area contributed by atoms with Gasteiger partial charge in [-0.15, -0.1) is 11.3 Å². The third kappa shape index (κ3) is 2.91. The standard InChI is InChI=1S/C21H16ClFN2OS/c22-12-4-7-18-11(8-12)9-19(27-18)21(26)25-17-3-1-2-14-15-10-13(23)5-6-16(15)24-20(14)17/h4-10,17,24H,1-3H2,(H,25,26)/t17-/m0/s1. The highest BCUT2D eigenvalue weighted by atomic mass is 35.5. The topological polar surface area (TPSA) is 44.9 Å². The lowest BCUT2D eigenvalue weighted by Gasteiger charge is -2.23. The van der Waals surface area contributed by atoms with Crippen LogP contribution in [0.2, 0.25) is 5.02 Å². The van der Waals surface area contributed by atoms with Gasteiger partial charge >= 0.3 is 0 Å². The third-order valence-electron chi connectivity index (χ3n) is 5.18. The SMILES string of the molecule is O=C(N[C@H]1CCCc2c1[nH]c1ccc(F)cc21)c1cc2cc(Cl)ccc2s1. The van der Waals surface area contributed by atoms with Crippen molar-refractivity contribution in [1.82, 2.24) is 10.3 Å². The van der Waals surface area contributed by atoms with Gasteiger partial charge in [-0.25, -0.2) is 4.39 Å². The summed E-state index contributed by atoms with van der Waals surface area (Å²) in [6.07, 6.45) is 2.72. The minimum atomic E-state index is -0.237. The molecule has 1 amide bonds. The number of aryl methyl sites for hydroxylation is 1. The van der Waals surface area contributed by atoms with E-state index in [4.69, 9.17) is 11.6 Å². The van der Waals surface area contributed by atoms with Crippen LogP contribution in [0, 0.1) is 5.82 Å². The summed E-state index contributed by atoms with van der Waals surface area (Å²) in [4.78, 5) is 16.9. The second-order valence-electron chi connectivity index (χ2n) is 6.92. The van der Waals surface area contributed by atoms with E-state index in [1.165, 1.54) is 17.4 Å². The highest BCUT2D eigenvalue weighted by molar-refractivity contribution is 7.20. The molecule has 0 bridgehead atoms. The number of fused-ring (bicyclic) bond motifs is 4. The van der Waals surface area contributed by atoms with Gasteiger partial charge in [0, 0.05) is 26.3 Å². The molecular weight excluding hydrogens is 383 g/mol. The maximum Gasteiger partial charge on any atom is 0.261 e. The molecule has 1 atom stereocenters. The number of aromatic amines is 1. The molecular formula is C21H16ClFN2OS. The summed E-state index contributed by atoms with van der Waals surface area (Å²) < 4.78 is 14.7. The van der Waals surface area contributed by atoms with Gasteiger partial charge in [-0.3, -0.25) is 4.79 Å². The molecule has 5 rings (SSSR count). The molecule has 2 aromatic heterocycles. The van der Waals surface area contributed by atoms with Crippen molar-refractivity contribution in [1.29, 1.82) is 0 Å². The van der Waals surface area contributed by atoms with Crippen molar-refractivity contribution in [2.45, 2.75) is 25.3 Å². The zero-order chi connectivity index (χ0) is 18.5. The van der Waals surface area contributed by atoms with E-state index in [1.807, 2.05) is 24.3 Å². The molecule has 0 spiro atoms. The summed E-state index contributed by atoms with van der Waals surface area (Å²) in [6.45, 7) is 0. The zero-order valence-electron chi connectivity index (χ0n) is 14.3. The summed E-state index contributed by atoms with van der Waals surface area (Å²) in [6, 6.07) is 12.2. The van der Waals surface area contributed by atoms with Gasteiger partial charge in [-0.05, 0) is 72.7 Å². The Morgan fingerprint density at radius 2 is 2.11 bits per heavy atom. The second-order valence-corrected chi connectivity index (χ2v) is 8.44. The summed E-state index contributed by atoms with van der Waals surface area (Å²) in [7, 11) is 0. The largest absolute Gasteiger partial charge is 0.356 e. The fourth-order valence-corrected chi connectivity index (χ4v) is 5.06. The van der Waals surface area contributed by atoms with Gasteiger partial charge in [0.25, 0.3) is 5.91 Å². The van der Waals surface area contributed by atoms with Crippen LogP contribution >= 0.6 is 22.9 Å². The summed E-state index contributed by atoms with van der Waals surface area (Å²) in [5.41, 5.74) is 3.03. The lowest BCUT2D eigenvalue weighted by Crippen LogP contribution is -2.30. The molecule has 6 heteroatoms. The number of amides is 1. The Balaban J connectivity index is 1.47. The summed E-state index contributed by atoms with van der Waals surface area (Å²) in [5.74, 6) is -0.325. The molecule has 3 nitrogen and oxygen atoms in total. The molecule has 2 heterocycles. The molecule has 4 aromatic rings. The number of benzene rings is 2. The van der Waals surface area contributed by atoms with E-state index in [2.05, 4.69) is 10.3 Å². The van der Waals surface area contributed by atoms with E-state index in [1.54, 1.807) is 12.1 Å². The molecule has 1 aliphatic carbocycles. The van der Waals surface area contributed by atoms with Crippen LogP contribution in [-0.2, 0) is 6.42 Å². The number of rotatable bonds is 2. The number of carbonyl (C=O) groups excluding carboxylic acids is 1. The Kier molecular flexibility index (Phi) is 3.95. The average molecular weight is 399 g/mol. The number of thiophene rings is 1. The van der Waals surface area contributed by atoms with Crippen molar-refractivity contribution in [3.8, 4) is 0 Å². The summed E-state index contributed by atoms with van der Waals surface area (Å²) >= 11 is 7.50. The van der Waals surface area contributed by atoms with Gasteiger partial charge < -0.3 is 10.3 Å². The molecule has 0 radical (unpaired) electrons. The Morgan fingerprint density at radius 3 is 3.00 bits per heavy atom. The van der Waals surface area contributed by atoms with E-state index in [0.29, 0.717) is 9.90 Å². The van der Waals surface area contributed by atoms with Crippen LogP contribution in [0.25, 0.3) is 21.0 Å². The molecule has 0 saturated carbocycles. The van der Waals surface area contributed by atoms with Gasteiger partial charge in [-0.2, -0.15) is 0 Å². The van der Waals surface area contributed by atoms with E-state index in [-0.39, 0.29) is 17.8 Å². The van der Waals surface area contributed by atoms with Crippen molar-refractivity contribution in [2.75, 3.05) is 0 Å². The number of nitrogens with one attached hydrogen (secondary N) is 2. The van der Waals surface area contributed by atoms with Gasteiger partial charge in [0.1, 0.15) is 5.82 Å². The molecule has 2 N–H and O–H groups in total. The van der Waals surface area contributed by atoms with Gasteiger partial charge in [0.05, 0.1) is 10.9 Å². The van der Waals surface area contributed by atoms with Crippen LogP contribution < -0.4 is 5.32 Å². The van der Waals surface area contributed by atoms with Crippen LogP contribution in [0.15, 0.2) is 42.5 Å². The highest BCUT2D eigenvalue weighted by Crippen LogP contribution is 2.36. The van der Waals surface area contributed by atoms with E-state index in [0.717, 1.165) is 51.5 Å². The molecule has 0 saturated heterocycles. The lowest BCUT2D eigenvalue weighted by molar-refractivity contribution is 0.0936. The zero-order valence-corrected chi connectivity index (χ0v) is 15.9. The second kappa shape index (κ2) is 6.36. The van der Waals surface area contributed by atoms with Crippen molar-refractivity contribution in [3.63, 3.8) is 0 Å². The first-order chi connectivity index (χ1) is 13.1. The van der Waals surface area contributed by atoms with Crippen molar-refractivity contribution in [2.24, 2.45) is 0 Å². The van der Waals surface area contributed by atoms with Crippen LogP contribution in [-0.4, -0.2) is 10.9 Å². The fraction of sp³-hybridized carbons (Fsp3) is 0.190. The van der Waals surface area contributed by atoms with E-state index in [9.17, 15) is 9.18 Å². The first-order valence-electron chi connectivity index (χ1n) is 8.88. The van der Waals surface area contributed by atoms with Crippen LogP contribution in [0.1, 0.15) is 39.8 Å². The summed E-state index contributed by atoms with van der Waals surface area (Å²) in [5, 5.41) is 5.71. The minimum absolute atomic E-state index is 0.0880. The first kappa shape index (κ1) is 16.8. The van der Waals surface area contributed by atoms with E-state index < -0.39 is 0 Å². The number of hydrogen-bond acceptors (Lipinski definition) is 2. The fourth-order valence-electron chi connectivity index (χ4n) is 3.93. The number of H-pyrrole nitrogens is 1. The van der Waals surface area contributed by atoms with Crippen molar-refractivity contribution >= 4 is 49.8 Å². The monoisotopic (exact) mass is 398 g/mol. The molecule has 0 aliphatic heterocycles. The number of aromatic nitrogens is 1. The smallest absolute Gasteiger partial charge is 0.261 e. The molecule has 136 valence electrons. The lowest BCUT2D eigenvalue weighted by atomic mass is 9.91. The normalized spacial score (nSPS) is 16.6. The maximum absolute atomic E-state index is 13.7. The average Bonchev–Trinajstić information content (AvgIpc) is 3.23. The minimum Gasteiger partial charge on any atom is -0.356 e. The van der Waals surface area contributed by atoms with Gasteiger partial charge in [0.15, 0.2) is 0 Å². The quantitative estimate of drug-likeness (QED) is 0.428. The highest BCUT2D eigenvalue weighted by Gasteiger charge is 2.26. The molecule has 1 aliphatic rings. The van der Waals surface area contributed by atoms with Crippen LogP contribution in [0.5, 0.6) is 0 Å². The molecule has 27 heavy (non-hydrogen) atoms. The Morgan fingerprint density at radius 1 is 1.22 bits per heavy atom. The Labute approximate surface area is 164 Å². The Bertz CT molecular complexity index is 1200. The molecule has 2 aromatic carbocycles. The van der Waals surface area contributed by atoms with Crippen LogP contribution in [0.3, 0.4) is 0 Å². The van der Waals surface area contributed by atoms with Crippen LogP contribution in [0.4, 0.5) is 4.39 Å². The number of halogens is 2. The first-order valence-corrected chi connectivity index (χ1v) is 10.1. The third-order valence-corrected chi connectivity index (χ3v) is 6.53. The van der Waals surface area contributed by atoms with Crippen molar-refractivity contribution in [3.05, 3.63) is 69.4 Å². The predicted molar refractivity (Wildman–Crippen MR) is 108 cm³/mol. The number of carbonyl (C=O) groups is 1. The van der Waals surface area contributed by atoms with Crippen molar-refractivity contribution < 1.29 is 9.18 Å². The Hall–Kier alpha value is -2.37. The van der Waals surface area contributed by atoms with Gasteiger partial charge in [-0.1, -0.05) is 11.6 Å². The molecule has 0 unspecified atom stereocenters. The molecule has 0 fully saturated rings. The predicted octanol–water partition coefficient (Wildman–Crippen LogP) is 5.98. The van der Waals surface area contributed by atoms with Gasteiger partial charge in [0.2, 0.25) is 0 Å².